The van der Waals surface area contributed by atoms with Crippen LogP contribution in [-0.4, -0.2) is 23.0 Å². The SMILES string of the molecule is COc1ccc(NC(=O)c2cnc(N)cn2)cc1C. The minimum atomic E-state index is -0.336. The van der Waals surface area contributed by atoms with Crippen molar-refractivity contribution in [1.82, 2.24) is 9.97 Å². The molecule has 98 valence electrons. The number of carbonyl (C=O) groups is 1. The molecule has 3 N–H and O–H groups in total. The highest BCUT2D eigenvalue weighted by Gasteiger charge is 2.09. The van der Waals surface area contributed by atoms with Gasteiger partial charge in [-0.3, -0.25) is 4.79 Å². The fourth-order valence-corrected chi connectivity index (χ4v) is 1.61. The second-order valence-electron chi connectivity index (χ2n) is 3.97. The standard InChI is InChI=1S/C13H14N4O2/c1-8-5-9(3-4-11(8)19-2)17-13(18)10-6-16-12(14)7-15-10/h3-7H,1-2H3,(H2,14,16)(H,17,18). The van der Waals surface area contributed by atoms with E-state index in [-0.39, 0.29) is 17.4 Å². The van der Waals surface area contributed by atoms with E-state index >= 15 is 0 Å². The normalized spacial score (nSPS) is 10.0. The molecule has 0 aliphatic heterocycles. The van der Waals surface area contributed by atoms with Gasteiger partial charge in [0.05, 0.1) is 19.5 Å². The predicted octanol–water partition coefficient (Wildman–Crippen LogP) is 1.63. The maximum Gasteiger partial charge on any atom is 0.275 e. The van der Waals surface area contributed by atoms with Crippen molar-refractivity contribution in [3.63, 3.8) is 0 Å². The Morgan fingerprint density at radius 1 is 1.32 bits per heavy atom. The number of carbonyl (C=O) groups excluding carboxylic acids is 1. The van der Waals surface area contributed by atoms with E-state index in [0.717, 1.165) is 11.3 Å². The number of methoxy groups -OCH3 is 1. The average molecular weight is 258 g/mol. The highest BCUT2D eigenvalue weighted by Crippen LogP contribution is 2.21. The van der Waals surface area contributed by atoms with E-state index in [9.17, 15) is 4.79 Å². The summed E-state index contributed by atoms with van der Waals surface area (Å²) in [4.78, 5) is 19.6. The summed E-state index contributed by atoms with van der Waals surface area (Å²) in [7, 11) is 1.60. The predicted molar refractivity (Wildman–Crippen MR) is 72.1 cm³/mol. The van der Waals surface area contributed by atoms with Crippen LogP contribution in [0.15, 0.2) is 30.6 Å². The summed E-state index contributed by atoms with van der Waals surface area (Å²) >= 11 is 0. The molecule has 1 amide bonds. The van der Waals surface area contributed by atoms with Crippen LogP contribution >= 0.6 is 0 Å². The number of hydrogen-bond acceptors (Lipinski definition) is 5. The molecule has 0 saturated carbocycles. The number of benzene rings is 1. The number of ether oxygens (including phenoxy) is 1. The first-order chi connectivity index (χ1) is 9.10. The Labute approximate surface area is 110 Å². The van der Waals surface area contributed by atoms with E-state index < -0.39 is 0 Å². The van der Waals surface area contributed by atoms with Crippen molar-refractivity contribution < 1.29 is 9.53 Å². The van der Waals surface area contributed by atoms with Crippen LogP contribution < -0.4 is 15.8 Å². The number of nitrogens with two attached hydrogens (primary N) is 1. The van der Waals surface area contributed by atoms with Crippen molar-refractivity contribution in [2.24, 2.45) is 0 Å². The maximum absolute atomic E-state index is 11.9. The minimum absolute atomic E-state index is 0.211. The summed E-state index contributed by atoms with van der Waals surface area (Å²) in [6, 6.07) is 5.37. The van der Waals surface area contributed by atoms with Crippen LogP contribution in [-0.2, 0) is 0 Å². The molecule has 0 fully saturated rings. The van der Waals surface area contributed by atoms with Crippen LogP contribution in [0.4, 0.5) is 11.5 Å². The van der Waals surface area contributed by atoms with Gasteiger partial charge in [-0.15, -0.1) is 0 Å². The van der Waals surface area contributed by atoms with E-state index in [1.807, 2.05) is 13.0 Å². The topological polar surface area (TPSA) is 90.1 Å². The van der Waals surface area contributed by atoms with Crippen LogP contribution in [0.1, 0.15) is 16.1 Å². The van der Waals surface area contributed by atoms with Gasteiger partial charge in [0.1, 0.15) is 17.3 Å². The van der Waals surface area contributed by atoms with Crippen LogP contribution in [0.3, 0.4) is 0 Å². The van der Waals surface area contributed by atoms with Crippen LogP contribution in [0, 0.1) is 6.92 Å². The van der Waals surface area contributed by atoms with Gasteiger partial charge in [-0.2, -0.15) is 0 Å². The van der Waals surface area contributed by atoms with Gasteiger partial charge in [0, 0.05) is 5.69 Å². The van der Waals surface area contributed by atoms with Crippen molar-refractivity contribution in [3.05, 3.63) is 41.9 Å². The average Bonchev–Trinajstić information content (AvgIpc) is 2.39. The first-order valence-electron chi connectivity index (χ1n) is 5.63. The Morgan fingerprint density at radius 3 is 2.68 bits per heavy atom. The number of aryl methyl sites for hydroxylation is 1. The minimum Gasteiger partial charge on any atom is -0.496 e. The van der Waals surface area contributed by atoms with Crippen molar-refractivity contribution in [3.8, 4) is 5.75 Å². The second-order valence-corrected chi connectivity index (χ2v) is 3.97. The molecular formula is C13H14N4O2. The molecule has 1 aromatic heterocycles. The molecule has 2 aromatic rings. The Morgan fingerprint density at radius 2 is 2.11 bits per heavy atom. The quantitative estimate of drug-likeness (QED) is 0.873. The zero-order valence-electron chi connectivity index (χ0n) is 10.7. The number of amides is 1. The number of anilines is 2. The highest BCUT2D eigenvalue weighted by molar-refractivity contribution is 6.02. The van der Waals surface area contributed by atoms with E-state index in [0.29, 0.717) is 5.69 Å². The van der Waals surface area contributed by atoms with Gasteiger partial charge in [-0.05, 0) is 30.7 Å². The lowest BCUT2D eigenvalue weighted by atomic mass is 10.2. The molecule has 0 bridgehead atoms. The molecule has 6 heteroatoms. The summed E-state index contributed by atoms with van der Waals surface area (Å²) < 4.78 is 5.15. The monoisotopic (exact) mass is 258 g/mol. The van der Waals surface area contributed by atoms with Crippen molar-refractivity contribution in [1.29, 1.82) is 0 Å². The van der Waals surface area contributed by atoms with Gasteiger partial charge in [-0.25, -0.2) is 9.97 Å². The molecule has 0 radical (unpaired) electrons. The van der Waals surface area contributed by atoms with Gasteiger partial charge in [0.2, 0.25) is 0 Å². The molecule has 1 heterocycles. The van der Waals surface area contributed by atoms with Crippen LogP contribution in [0.5, 0.6) is 5.75 Å². The van der Waals surface area contributed by atoms with E-state index in [1.165, 1.54) is 12.4 Å². The zero-order chi connectivity index (χ0) is 13.8. The number of rotatable bonds is 3. The largest absolute Gasteiger partial charge is 0.496 e. The van der Waals surface area contributed by atoms with Gasteiger partial charge < -0.3 is 15.8 Å². The molecule has 0 aliphatic rings. The Hall–Kier alpha value is -2.63. The van der Waals surface area contributed by atoms with Gasteiger partial charge in [-0.1, -0.05) is 0 Å². The third-order valence-electron chi connectivity index (χ3n) is 2.56. The molecule has 1 aromatic carbocycles. The molecule has 0 saturated heterocycles. The molecule has 19 heavy (non-hydrogen) atoms. The number of aromatic nitrogens is 2. The molecular weight excluding hydrogens is 244 g/mol. The maximum atomic E-state index is 11.9. The summed E-state index contributed by atoms with van der Waals surface area (Å²) in [5.41, 5.74) is 7.23. The van der Waals surface area contributed by atoms with Crippen LogP contribution in [0.25, 0.3) is 0 Å². The van der Waals surface area contributed by atoms with E-state index in [4.69, 9.17) is 10.5 Å². The lowest BCUT2D eigenvalue weighted by molar-refractivity contribution is 0.102. The second kappa shape index (κ2) is 5.34. The van der Waals surface area contributed by atoms with Gasteiger partial charge >= 0.3 is 0 Å². The number of nitrogens with zero attached hydrogens (tertiary/aromatic N) is 2. The van der Waals surface area contributed by atoms with Crippen molar-refractivity contribution >= 4 is 17.4 Å². The van der Waals surface area contributed by atoms with E-state index in [2.05, 4.69) is 15.3 Å². The number of nitrogens with one attached hydrogen (secondary N) is 1. The smallest absolute Gasteiger partial charge is 0.275 e. The lowest BCUT2D eigenvalue weighted by Gasteiger charge is -2.08. The van der Waals surface area contributed by atoms with Crippen LogP contribution in [0.2, 0.25) is 0 Å². The van der Waals surface area contributed by atoms with E-state index in [1.54, 1.807) is 19.2 Å². The molecule has 0 spiro atoms. The first kappa shape index (κ1) is 12.8. The Balaban J connectivity index is 2.14. The van der Waals surface area contributed by atoms with Gasteiger partial charge in [0.15, 0.2) is 0 Å². The number of nitrogen functional groups attached to an aromatic ring is 1. The summed E-state index contributed by atoms with van der Waals surface area (Å²) in [5.74, 6) is 0.708. The highest BCUT2D eigenvalue weighted by atomic mass is 16.5. The molecule has 2 rings (SSSR count). The lowest BCUT2D eigenvalue weighted by Crippen LogP contribution is -2.14. The fourth-order valence-electron chi connectivity index (χ4n) is 1.61. The summed E-state index contributed by atoms with van der Waals surface area (Å²) in [6.07, 6.45) is 2.68. The summed E-state index contributed by atoms with van der Waals surface area (Å²) in [6.45, 7) is 1.90. The Kier molecular flexibility index (Phi) is 3.61. The summed E-state index contributed by atoms with van der Waals surface area (Å²) in [5, 5.41) is 2.73. The fraction of sp³-hybridized carbons (Fsp3) is 0.154. The molecule has 6 nitrogen and oxygen atoms in total. The molecule has 0 aliphatic carbocycles. The Bertz CT molecular complexity index is 596. The third-order valence-corrected chi connectivity index (χ3v) is 2.56. The third kappa shape index (κ3) is 2.98. The molecule has 0 unspecified atom stereocenters. The number of hydrogen-bond donors (Lipinski definition) is 2. The zero-order valence-corrected chi connectivity index (χ0v) is 10.7. The molecule has 0 atom stereocenters. The first-order valence-corrected chi connectivity index (χ1v) is 5.63. The van der Waals surface area contributed by atoms with Gasteiger partial charge in [0.25, 0.3) is 5.91 Å². The van der Waals surface area contributed by atoms with Crippen molar-refractivity contribution in [2.75, 3.05) is 18.2 Å². The van der Waals surface area contributed by atoms with Crippen molar-refractivity contribution in [2.45, 2.75) is 6.92 Å².